The number of carbonyl (C=O) groups excluding carboxylic acids is 2. The van der Waals surface area contributed by atoms with Crippen molar-refractivity contribution in [3.63, 3.8) is 0 Å². The fourth-order valence-electron chi connectivity index (χ4n) is 1.75. The lowest BCUT2D eigenvalue weighted by atomic mass is 9.95. The number of hydrogen-bond donors (Lipinski definition) is 2. The van der Waals surface area contributed by atoms with Crippen LogP contribution in [-0.2, 0) is 9.59 Å². The second kappa shape index (κ2) is 7.81. The van der Waals surface area contributed by atoms with E-state index in [-0.39, 0.29) is 23.6 Å². The molecule has 0 heterocycles. The second-order valence-corrected chi connectivity index (χ2v) is 6.63. The summed E-state index contributed by atoms with van der Waals surface area (Å²) in [5, 5.41) is 5.51. The Balaban J connectivity index is 3.20. The summed E-state index contributed by atoms with van der Waals surface area (Å²) < 4.78 is 5.29. The van der Waals surface area contributed by atoms with Crippen LogP contribution < -0.4 is 15.4 Å². The lowest BCUT2D eigenvalue weighted by Gasteiger charge is -2.20. The fraction of sp³-hybridized carbons (Fsp3) is 0.444. The normalized spacial score (nSPS) is 12.0. The van der Waals surface area contributed by atoms with Crippen LogP contribution in [0.2, 0.25) is 0 Å². The molecule has 2 amide bonds. The Morgan fingerprint density at radius 1 is 1.17 bits per heavy atom. The van der Waals surface area contributed by atoms with E-state index in [4.69, 9.17) is 4.74 Å². The number of benzene rings is 1. The van der Waals surface area contributed by atoms with Crippen molar-refractivity contribution in [2.24, 2.45) is 5.41 Å². The molecular formula is C18H26N2O3. The first kappa shape index (κ1) is 18.7. The molecule has 0 aliphatic rings. The molecule has 0 saturated carbocycles. The zero-order chi connectivity index (χ0) is 17.6. The molecule has 2 N–H and O–H groups in total. The third kappa shape index (κ3) is 5.77. The van der Waals surface area contributed by atoms with Crippen molar-refractivity contribution >= 4 is 17.9 Å². The number of ether oxygens (including phenoxy) is 1. The Morgan fingerprint density at radius 3 is 2.30 bits per heavy atom. The van der Waals surface area contributed by atoms with Crippen LogP contribution in [0.5, 0.6) is 5.75 Å². The van der Waals surface area contributed by atoms with Gasteiger partial charge < -0.3 is 15.4 Å². The average Bonchev–Trinajstić information content (AvgIpc) is 2.45. The molecule has 5 heteroatoms. The maximum Gasteiger partial charge on any atom is 0.268 e. The predicted molar refractivity (Wildman–Crippen MR) is 91.8 cm³/mol. The first-order valence-corrected chi connectivity index (χ1v) is 7.62. The van der Waals surface area contributed by atoms with Gasteiger partial charge in [-0.3, -0.25) is 9.59 Å². The molecule has 5 nitrogen and oxygen atoms in total. The Morgan fingerprint density at radius 2 is 1.78 bits per heavy atom. The minimum Gasteiger partial charge on any atom is -0.496 e. The van der Waals surface area contributed by atoms with Crippen LogP contribution in [0.4, 0.5) is 0 Å². The van der Waals surface area contributed by atoms with E-state index in [2.05, 4.69) is 10.6 Å². The van der Waals surface area contributed by atoms with Crippen LogP contribution in [-0.4, -0.2) is 25.0 Å². The van der Waals surface area contributed by atoms with Crippen LogP contribution in [0, 0.1) is 5.41 Å². The van der Waals surface area contributed by atoms with Crippen LogP contribution in [0.3, 0.4) is 0 Å². The summed E-state index contributed by atoms with van der Waals surface area (Å²) >= 11 is 0. The molecular weight excluding hydrogens is 292 g/mol. The Labute approximate surface area is 138 Å². The molecule has 0 atom stereocenters. The first-order valence-electron chi connectivity index (χ1n) is 7.62. The number of nitrogens with one attached hydrogen (secondary N) is 2. The van der Waals surface area contributed by atoms with Crippen molar-refractivity contribution in [3.05, 3.63) is 35.5 Å². The first-order chi connectivity index (χ1) is 10.6. The Hall–Kier alpha value is -2.30. The van der Waals surface area contributed by atoms with E-state index in [1.807, 2.05) is 32.0 Å². The minimum absolute atomic E-state index is 0.0323. The maximum absolute atomic E-state index is 12.4. The van der Waals surface area contributed by atoms with Gasteiger partial charge in [-0.05, 0) is 26.0 Å². The molecule has 1 aromatic rings. The molecule has 0 fully saturated rings. The lowest BCUT2D eigenvalue weighted by molar-refractivity contribution is -0.129. The second-order valence-electron chi connectivity index (χ2n) is 6.63. The van der Waals surface area contributed by atoms with Crippen molar-refractivity contribution in [2.45, 2.75) is 40.7 Å². The fourth-order valence-corrected chi connectivity index (χ4v) is 1.75. The molecule has 0 aliphatic carbocycles. The van der Waals surface area contributed by atoms with Crippen molar-refractivity contribution in [2.75, 3.05) is 7.11 Å². The third-order valence-electron chi connectivity index (χ3n) is 3.03. The standard InChI is InChI=1S/C18H26N2O3/c1-12(2)19-16(21)14(20-17(22)18(3,4)5)11-13-9-7-8-10-15(13)23-6/h7-12H,1-6H3,(H,19,21)(H,20,22)/b14-11+. The summed E-state index contributed by atoms with van der Waals surface area (Å²) in [6.45, 7) is 9.12. The van der Waals surface area contributed by atoms with E-state index in [0.717, 1.165) is 5.56 Å². The summed E-state index contributed by atoms with van der Waals surface area (Å²) in [6.07, 6.45) is 1.63. The van der Waals surface area contributed by atoms with E-state index < -0.39 is 5.41 Å². The zero-order valence-electron chi connectivity index (χ0n) is 14.7. The lowest BCUT2D eigenvalue weighted by Crippen LogP contribution is -2.41. The smallest absolute Gasteiger partial charge is 0.268 e. The largest absolute Gasteiger partial charge is 0.496 e. The molecule has 0 bridgehead atoms. The predicted octanol–water partition coefficient (Wildman–Crippen LogP) is 2.72. The molecule has 0 spiro atoms. The van der Waals surface area contributed by atoms with Crippen LogP contribution in [0.15, 0.2) is 30.0 Å². The molecule has 23 heavy (non-hydrogen) atoms. The number of hydrogen-bond acceptors (Lipinski definition) is 3. The van der Waals surface area contributed by atoms with E-state index in [9.17, 15) is 9.59 Å². The molecule has 0 unspecified atom stereocenters. The summed E-state index contributed by atoms with van der Waals surface area (Å²) in [7, 11) is 1.56. The number of amides is 2. The van der Waals surface area contributed by atoms with Gasteiger partial charge in [0, 0.05) is 17.0 Å². The maximum atomic E-state index is 12.4. The van der Waals surface area contributed by atoms with Gasteiger partial charge in [0.25, 0.3) is 5.91 Å². The van der Waals surface area contributed by atoms with E-state index in [1.165, 1.54) is 0 Å². The highest BCUT2D eigenvalue weighted by molar-refractivity contribution is 6.02. The molecule has 1 aromatic carbocycles. The number of carbonyl (C=O) groups is 2. The van der Waals surface area contributed by atoms with Crippen molar-refractivity contribution in [3.8, 4) is 5.75 Å². The van der Waals surface area contributed by atoms with E-state index in [0.29, 0.717) is 5.75 Å². The Kier molecular flexibility index (Phi) is 6.37. The van der Waals surface area contributed by atoms with Gasteiger partial charge in [-0.15, -0.1) is 0 Å². The quantitative estimate of drug-likeness (QED) is 0.820. The van der Waals surface area contributed by atoms with Crippen LogP contribution in [0.25, 0.3) is 6.08 Å². The molecule has 126 valence electrons. The van der Waals surface area contributed by atoms with Gasteiger partial charge in [-0.1, -0.05) is 39.0 Å². The van der Waals surface area contributed by atoms with Crippen LogP contribution >= 0.6 is 0 Å². The van der Waals surface area contributed by atoms with Gasteiger partial charge in [0.05, 0.1) is 7.11 Å². The van der Waals surface area contributed by atoms with Gasteiger partial charge in [0.2, 0.25) is 5.91 Å². The van der Waals surface area contributed by atoms with Gasteiger partial charge >= 0.3 is 0 Å². The summed E-state index contributed by atoms with van der Waals surface area (Å²) in [5.41, 5.74) is 0.319. The van der Waals surface area contributed by atoms with Crippen molar-refractivity contribution in [1.82, 2.24) is 10.6 Å². The monoisotopic (exact) mass is 318 g/mol. The van der Waals surface area contributed by atoms with Gasteiger partial charge in [0.1, 0.15) is 11.4 Å². The summed E-state index contributed by atoms with van der Waals surface area (Å²) in [5.74, 6) is 0.0772. The topological polar surface area (TPSA) is 67.4 Å². The zero-order valence-corrected chi connectivity index (χ0v) is 14.7. The number of para-hydroxylation sites is 1. The van der Waals surface area contributed by atoms with E-state index >= 15 is 0 Å². The summed E-state index contributed by atoms with van der Waals surface area (Å²) in [4.78, 5) is 24.6. The molecule has 1 rings (SSSR count). The minimum atomic E-state index is -0.599. The van der Waals surface area contributed by atoms with Gasteiger partial charge in [-0.2, -0.15) is 0 Å². The SMILES string of the molecule is COc1ccccc1/C=C(/NC(=O)C(C)(C)C)C(=O)NC(C)C. The van der Waals surface area contributed by atoms with Crippen molar-refractivity contribution < 1.29 is 14.3 Å². The Bertz CT molecular complexity index is 599. The molecule has 0 radical (unpaired) electrons. The summed E-state index contributed by atoms with van der Waals surface area (Å²) in [6, 6.07) is 7.28. The highest BCUT2D eigenvalue weighted by atomic mass is 16.5. The van der Waals surface area contributed by atoms with Crippen LogP contribution in [0.1, 0.15) is 40.2 Å². The van der Waals surface area contributed by atoms with Gasteiger partial charge in [0.15, 0.2) is 0 Å². The average molecular weight is 318 g/mol. The molecule has 0 aromatic heterocycles. The highest BCUT2D eigenvalue weighted by Gasteiger charge is 2.24. The number of methoxy groups -OCH3 is 1. The number of rotatable bonds is 5. The van der Waals surface area contributed by atoms with Crippen molar-refractivity contribution in [1.29, 1.82) is 0 Å². The third-order valence-corrected chi connectivity index (χ3v) is 3.03. The molecule has 0 aliphatic heterocycles. The van der Waals surface area contributed by atoms with Gasteiger partial charge in [-0.25, -0.2) is 0 Å². The van der Waals surface area contributed by atoms with E-state index in [1.54, 1.807) is 40.0 Å². The highest BCUT2D eigenvalue weighted by Crippen LogP contribution is 2.21. The molecule has 0 saturated heterocycles.